The molecule has 8 nitrogen and oxygen atoms in total. The fraction of sp³-hybridized carbons (Fsp3) is 0.227. The molecule has 0 spiro atoms. The van der Waals surface area contributed by atoms with Crippen molar-refractivity contribution in [2.75, 3.05) is 18.1 Å². The predicted molar refractivity (Wildman–Crippen MR) is 124 cm³/mol. The van der Waals surface area contributed by atoms with E-state index in [4.69, 9.17) is 27.9 Å². The van der Waals surface area contributed by atoms with Gasteiger partial charge in [0.25, 0.3) is 5.91 Å². The van der Waals surface area contributed by atoms with Crippen molar-refractivity contribution in [1.82, 2.24) is 4.31 Å². The lowest BCUT2D eigenvalue weighted by atomic mass is 10.2. The molecule has 0 bridgehead atoms. The SMILES string of the molecule is C=CCN(C1CC(=O)N(c2ccc(C(=O)OCC)cc2)C1=O)S(=O)(=O)c1cc(Cl)ccc1Cl. The first-order valence-electron chi connectivity index (χ1n) is 9.83. The Kier molecular flexibility index (Phi) is 7.58. The van der Waals surface area contributed by atoms with Gasteiger partial charge in [-0.2, -0.15) is 4.31 Å². The number of carbonyl (C=O) groups is 3. The molecule has 174 valence electrons. The molecule has 3 rings (SSSR count). The average molecular weight is 511 g/mol. The lowest BCUT2D eigenvalue weighted by molar-refractivity contribution is -0.122. The average Bonchev–Trinajstić information content (AvgIpc) is 3.07. The summed E-state index contributed by atoms with van der Waals surface area (Å²) in [6.45, 7) is 5.21. The third kappa shape index (κ3) is 4.96. The number of sulfonamides is 1. The molecule has 11 heteroatoms. The summed E-state index contributed by atoms with van der Waals surface area (Å²) in [5.74, 6) is -1.86. The molecule has 2 amide bonds. The van der Waals surface area contributed by atoms with Gasteiger partial charge in [0.15, 0.2) is 0 Å². The van der Waals surface area contributed by atoms with E-state index in [1.807, 2.05) is 0 Å². The summed E-state index contributed by atoms with van der Waals surface area (Å²) in [6, 6.07) is 8.34. The van der Waals surface area contributed by atoms with Crippen LogP contribution >= 0.6 is 23.2 Å². The number of hydrogen-bond donors (Lipinski definition) is 0. The topological polar surface area (TPSA) is 101 Å². The fourth-order valence-electron chi connectivity index (χ4n) is 3.39. The summed E-state index contributed by atoms with van der Waals surface area (Å²) in [4.78, 5) is 38.4. The van der Waals surface area contributed by atoms with Crippen LogP contribution in [0.2, 0.25) is 10.0 Å². The van der Waals surface area contributed by atoms with E-state index in [0.717, 1.165) is 9.21 Å². The first-order chi connectivity index (χ1) is 15.6. The molecule has 1 unspecified atom stereocenters. The van der Waals surface area contributed by atoms with Gasteiger partial charge >= 0.3 is 5.97 Å². The number of esters is 1. The Morgan fingerprint density at radius 2 is 1.88 bits per heavy atom. The lowest BCUT2D eigenvalue weighted by Crippen LogP contribution is -2.45. The Hall–Kier alpha value is -2.72. The van der Waals surface area contributed by atoms with Crippen LogP contribution in [0.5, 0.6) is 0 Å². The summed E-state index contributed by atoms with van der Waals surface area (Å²) in [5.41, 5.74) is 0.458. The highest BCUT2D eigenvalue weighted by Crippen LogP contribution is 2.33. The minimum absolute atomic E-state index is 0.0726. The van der Waals surface area contributed by atoms with E-state index in [1.165, 1.54) is 48.5 Å². The number of amides is 2. The van der Waals surface area contributed by atoms with Crippen molar-refractivity contribution >= 4 is 56.7 Å². The molecular weight excluding hydrogens is 491 g/mol. The Labute approximate surface area is 201 Å². The molecule has 1 fully saturated rings. The molecular formula is C22H20Cl2N2O6S. The van der Waals surface area contributed by atoms with E-state index >= 15 is 0 Å². The van der Waals surface area contributed by atoms with Gasteiger partial charge < -0.3 is 4.74 Å². The van der Waals surface area contributed by atoms with Crippen molar-refractivity contribution in [3.8, 4) is 0 Å². The van der Waals surface area contributed by atoms with Gasteiger partial charge in [-0.15, -0.1) is 6.58 Å². The third-order valence-corrected chi connectivity index (χ3v) is 7.49. The number of benzene rings is 2. The minimum Gasteiger partial charge on any atom is -0.462 e. The van der Waals surface area contributed by atoms with E-state index in [0.29, 0.717) is 0 Å². The van der Waals surface area contributed by atoms with Crippen LogP contribution in [0.25, 0.3) is 0 Å². The van der Waals surface area contributed by atoms with E-state index in [9.17, 15) is 22.8 Å². The molecule has 1 atom stereocenters. The number of carbonyl (C=O) groups excluding carboxylic acids is 3. The monoisotopic (exact) mass is 510 g/mol. The molecule has 2 aromatic carbocycles. The van der Waals surface area contributed by atoms with Crippen molar-refractivity contribution in [2.45, 2.75) is 24.3 Å². The molecule has 1 aliphatic heterocycles. The predicted octanol–water partition coefficient (Wildman–Crippen LogP) is 3.68. The summed E-state index contributed by atoms with van der Waals surface area (Å²) in [7, 11) is -4.30. The maximum atomic E-state index is 13.4. The van der Waals surface area contributed by atoms with Crippen LogP contribution in [-0.2, 0) is 24.3 Å². The highest BCUT2D eigenvalue weighted by molar-refractivity contribution is 7.89. The number of imide groups is 1. The zero-order chi connectivity index (χ0) is 24.3. The van der Waals surface area contributed by atoms with Gasteiger partial charge in [0, 0.05) is 11.6 Å². The quantitative estimate of drug-likeness (QED) is 0.305. The second kappa shape index (κ2) is 10.0. The molecule has 0 saturated carbocycles. The summed E-state index contributed by atoms with van der Waals surface area (Å²) in [5, 5.41) is 0.0744. The van der Waals surface area contributed by atoms with Crippen LogP contribution in [0.1, 0.15) is 23.7 Å². The molecule has 0 aliphatic carbocycles. The summed E-state index contributed by atoms with van der Waals surface area (Å²) < 4.78 is 32.5. The largest absolute Gasteiger partial charge is 0.462 e. The molecule has 33 heavy (non-hydrogen) atoms. The van der Waals surface area contributed by atoms with Crippen LogP contribution in [-0.4, -0.2) is 49.7 Å². The van der Waals surface area contributed by atoms with Crippen LogP contribution in [0.15, 0.2) is 60.0 Å². The van der Waals surface area contributed by atoms with Crippen molar-refractivity contribution in [3.05, 3.63) is 70.7 Å². The Balaban J connectivity index is 1.95. The molecule has 0 aromatic heterocycles. The van der Waals surface area contributed by atoms with E-state index < -0.39 is 33.8 Å². The Morgan fingerprint density at radius 3 is 2.48 bits per heavy atom. The summed E-state index contributed by atoms with van der Waals surface area (Å²) in [6.07, 6.45) is 0.939. The number of anilines is 1. The molecule has 0 N–H and O–H groups in total. The maximum absolute atomic E-state index is 13.4. The van der Waals surface area contributed by atoms with Gasteiger partial charge in [-0.1, -0.05) is 29.3 Å². The van der Waals surface area contributed by atoms with Gasteiger partial charge in [0.2, 0.25) is 15.9 Å². The van der Waals surface area contributed by atoms with E-state index in [2.05, 4.69) is 6.58 Å². The molecule has 1 heterocycles. The van der Waals surface area contributed by atoms with Crippen LogP contribution < -0.4 is 4.90 Å². The number of halogens is 2. The van der Waals surface area contributed by atoms with E-state index in [1.54, 1.807) is 6.92 Å². The van der Waals surface area contributed by atoms with Gasteiger partial charge in [0.05, 0.1) is 29.3 Å². The van der Waals surface area contributed by atoms with Gasteiger partial charge in [0.1, 0.15) is 10.9 Å². The third-order valence-electron chi connectivity index (χ3n) is 4.90. The van der Waals surface area contributed by atoms with Crippen molar-refractivity contribution in [2.24, 2.45) is 0 Å². The standard InChI is InChI=1S/C22H20Cl2N2O6S/c1-3-11-25(33(30,31)19-12-15(23)7-10-17(19)24)18-13-20(27)26(21(18)28)16-8-5-14(6-9-16)22(29)32-4-2/h3,5-10,12,18H,1,4,11,13H2,2H3. The molecule has 0 radical (unpaired) electrons. The summed E-state index contributed by atoms with van der Waals surface area (Å²) >= 11 is 12.0. The van der Waals surface area contributed by atoms with E-state index in [-0.39, 0.29) is 45.8 Å². The minimum atomic E-state index is -4.30. The number of nitrogens with zero attached hydrogens (tertiary/aromatic N) is 2. The first-order valence-corrected chi connectivity index (χ1v) is 12.0. The second-order valence-electron chi connectivity index (χ2n) is 6.99. The first kappa shape index (κ1) is 24.9. The van der Waals surface area contributed by atoms with Crippen LogP contribution in [0, 0.1) is 0 Å². The zero-order valence-electron chi connectivity index (χ0n) is 17.5. The Bertz CT molecular complexity index is 1210. The lowest BCUT2D eigenvalue weighted by Gasteiger charge is -2.26. The highest BCUT2D eigenvalue weighted by Gasteiger charge is 2.47. The number of ether oxygens (including phenoxy) is 1. The highest BCUT2D eigenvalue weighted by atomic mass is 35.5. The van der Waals surface area contributed by atoms with Crippen molar-refractivity contribution in [1.29, 1.82) is 0 Å². The van der Waals surface area contributed by atoms with Crippen molar-refractivity contribution < 1.29 is 27.5 Å². The number of rotatable bonds is 8. The van der Waals surface area contributed by atoms with Crippen LogP contribution in [0.3, 0.4) is 0 Å². The van der Waals surface area contributed by atoms with Gasteiger partial charge in [-0.25, -0.2) is 18.1 Å². The molecule has 2 aromatic rings. The van der Waals surface area contributed by atoms with Crippen LogP contribution in [0.4, 0.5) is 5.69 Å². The zero-order valence-corrected chi connectivity index (χ0v) is 19.9. The number of hydrogen-bond acceptors (Lipinski definition) is 6. The van der Waals surface area contributed by atoms with Gasteiger partial charge in [-0.05, 0) is 49.4 Å². The normalized spacial score (nSPS) is 16.4. The molecule has 1 saturated heterocycles. The second-order valence-corrected chi connectivity index (χ2v) is 9.70. The molecule has 1 aliphatic rings. The maximum Gasteiger partial charge on any atom is 0.338 e. The Morgan fingerprint density at radius 1 is 1.21 bits per heavy atom. The smallest absolute Gasteiger partial charge is 0.338 e. The fourth-order valence-corrected chi connectivity index (χ4v) is 5.69. The van der Waals surface area contributed by atoms with Crippen molar-refractivity contribution in [3.63, 3.8) is 0 Å². The van der Waals surface area contributed by atoms with Gasteiger partial charge in [-0.3, -0.25) is 9.59 Å².